The van der Waals surface area contributed by atoms with Gasteiger partial charge in [-0.2, -0.15) is 0 Å². The minimum absolute atomic E-state index is 0.171. The molecule has 1 aliphatic rings. The molecular weight excluding hydrogens is 506 g/mol. The van der Waals surface area contributed by atoms with Crippen LogP contribution in [0.5, 0.6) is 0 Å². The van der Waals surface area contributed by atoms with Crippen molar-refractivity contribution in [3.63, 3.8) is 0 Å². The van der Waals surface area contributed by atoms with Crippen LogP contribution in [0.2, 0.25) is 0 Å². The Hall–Kier alpha value is -3.97. The third-order valence-corrected chi connectivity index (χ3v) is 8.31. The number of aromatic nitrogens is 2. The fraction of sp³-hybridized carbons (Fsp3) is 0.281. The van der Waals surface area contributed by atoms with Gasteiger partial charge in [0.1, 0.15) is 0 Å². The quantitative estimate of drug-likeness (QED) is 0.330. The maximum atomic E-state index is 14.0. The Kier molecular flexibility index (Phi) is 7.03. The molecule has 6 nitrogen and oxygen atoms in total. The summed E-state index contributed by atoms with van der Waals surface area (Å²) in [5.41, 5.74) is 9.45. The lowest BCUT2D eigenvalue weighted by molar-refractivity contribution is -0.139. The van der Waals surface area contributed by atoms with E-state index in [0.717, 1.165) is 28.1 Å². The largest absolute Gasteiger partial charge is 0.463 e. The van der Waals surface area contributed by atoms with Gasteiger partial charge in [-0.3, -0.25) is 9.36 Å². The topological polar surface area (TPSA) is 65.6 Å². The average Bonchev–Trinajstić information content (AvgIpc) is 3.33. The van der Waals surface area contributed by atoms with Gasteiger partial charge in [-0.05, 0) is 82.9 Å². The predicted molar refractivity (Wildman–Crippen MR) is 156 cm³/mol. The molecule has 200 valence electrons. The van der Waals surface area contributed by atoms with E-state index >= 15 is 0 Å². The highest BCUT2D eigenvalue weighted by molar-refractivity contribution is 7.07. The molecule has 39 heavy (non-hydrogen) atoms. The SMILES string of the molecule is CCOC(=O)C1=C(C)N=c2s/c(=C/c3cc(C)n(-c4c(C)cccc4C)c3C)c(=O)n2[C@@H]1c1ccc(C)cc1. The maximum absolute atomic E-state index is 14.0. The fourth-order valence-electron chi connectivity index (χ4n) is 5.43. The van der Waals surface area contributed by atoms with Crippen molar-refractivity contribution in [1.82, 2.24) is 9.13 Å². The molecule has 0 saturated carbocycles. The molecule has 0 N–H and O–H groups in total. The number of carbonyl (C=O) groups is 1. The molecule has 0 amide bonds. The predicted octanol–water partition coefficient (Wildman–Crippen LogP) is 5.13. The van der Waals surface area contributed by atoms with Gasteiger partial charge < -0.3 is 9.30 Å². The summed E-state index contributed by atoms with van der Waals surface area (Å²) >= 11 is 1.35. The van der Waals surface area contributed by atoms with E-state index < -0.39 is 12.0 Å². The number of para-hydroxylation sites is 1. The van der Waals surface area contributed by atoms with Gasteiger partial charge in [-0.15, -0.1) is 0 Å². The van der Waals surface area contributed by atoms with Crippen LogP contribution >= 0.6 is 11.3 Å². The van der Waals surface area contributed by atoms with Gasteiger partial charge >= 0.3 is 5.97 Å². The third kappa shape index (κ3) is 4.61. The summed E-state index contributed by atoms with van der Waals surface area (Å²) in [6, 6.07) is 15.7. The summed E-state index contributed by atoms with van der Waals surface area (Å²) in [4.78, 5) is 32.3. The minimum atomic E-state index is -0.606. The number of thiazole rings is 1. The molecule has 1 atom stereocenters. The molecular formula is C32H33N3O3S. The van der Waals surface area contributed by atoms with Crippen LogP contribution in [0.4, 0.5) is 0 Å². The molecule has 4 aromatic rings. The van der Waals surface area contributed by atoms with Gasteiger partial charge in [-0.1, -0.05) is 59.4 Å². The first-order valence-corrected chi connectivity index (χ1v) is 14.0. The molecule has 0 bridgehead atoms. The van der Waals surface area contributed by atoms with Crippen molar-refractivity contribution in [2.45, 2.75) is 54.5 Å². The number of nitrogens with zero attached hydrogens (tertiary/aromatic N) is 3. The van der Waals surface area contributed by atoms with Crippen LogP contribution in [0.25, 0.3) is 11.8 Å². The second kappa shape index (κ2) is 10.3. The maximum Gasteiger partial charge on any atom is 0.338 e. The Morgan fingerprint density at radius 3 is 2.33 bits per heavy atom. The van der Waals surface area contributed by atoms with Crippen LogP contribution < -0.4 is 14.9 Å². The van der Waals surface area contributed by atoms with E-state index in [-0.39, 0.29) is 12.2 Å². The Balaban J connectivity index is 1.71. The van der Waals surface area contributed by atoms with Gasteiger partial charge in [0.2, 0.25) is 0 Å². The normalized spacial score (nSPS) is 15.4. The van der Waals surface area contributed by atoms with Crippen LogP contribution in [0.1, 0.15) is 59.1 Å². The Morgan fingerprint density at radius 2 is 1.69 bits per heavy atom. The number of hydrogen-bond acceptors (Lipinski definition) is 5. The summed E-state index contributed by atoms with van der Waals surface area (Å²) in [7, 11) is 0. The van der Waals surface area contributed by atoms with Gasteiger partial charge in [0.05, 0.1) is 34.1 Å². The van der Waals surface area contributed by atoms with Gasteiger partial charge in [-0.25, -0.2) is 9.79 Å². The van der Waals surface area contributed by atoms with E-state index in [9.17, 15) is 9.59 Å². The number of esters is 1. The zero-order valence-corrected chi connectivity index (χ0v) is 24.3. The van der Waals surface area contributed by atoms with E-state index in [1.54, 1.807) is 11.5 Å². The number of allylic oxidation sites excluding steroid dienone is 1. The molecule has 0 spiro atoms. The van der Waals surface area contributed by atoms with Crippen molar-refractivity contribution < 1.29 is 9.53 Å². The minimum Gasteiger partial charge on any atom is -0.463 e. The van der Waals surface area contributed by atoms with Crippen molar-refractivity contribution in [3.05, 3.63) is 119 Å². The molecule has 3 heterocycles. The zero-order valence-electron chi connectivity index (χ0n) is 23.5. The summed E-state index contributed by atoms with van der Waals surface area (Å²) in [5, 5.41) is 0. The van der Waals surface area contributed by atoms with Gasteiger partial charge in [0, 0.05) is 11.4 Å². The number of benzene rings is 2. The second-order valence-electron chi connectivity index (χ2n) is 10.1. The number of carbonyl (C=O) groups excluding carboxylic acids is 1. The van der Waals surface area contributed by atoms with Crippen LogP contribution in [-0.2, 0) is 9.53 Å². The summed E-state index contributed by atoms with van der Waals surface area (Å²) in [5.74, 6) is -0.448. The highest BCUT2D eigenvalue weighted by Gasteiger charge is 2.33. The lowest BCUT2D eigenvalue weighted by atomic mass is 9.95. The molecule has 0 radical (unpaired) electrons. The van der Waals surface area contributed by atoms with Crippen LogP contribution in [0, 0.1) is 34.6 Å². The highest BCUT2D eigenvalue weighted by Crippen LogP contribution is 2.31. The molecule has 7 heteroatoms. The number of aryl methyl sites for hydroxylation is 4. The van der Waals surface area contributed by atoms with Crippen molar-refractivity contribution in [2.24, 2.45) is 4.99 Å². The lowest BCUT2D eigenvalue weighted by Crippen LogP contribution is -2.39. The summed E-state index contributed by atoms with van der Waals surface area (Å²) in [6.45, 7) is 14.3. The Labute approximate surface area is 232 Å². The lowest BCUT2D eigenvalue weighted by Gasteiger charge is -2.24. The number of fused-ring (bicyclic) bond motifs is 1. The van der Waals surface area contributed by atoms with Crippen molar-refractivity contribution in [1.29, 1.82) is 0 Å². The number of rotatable bonds is 5. The standard InChI is InChI=1S/C32H33N3O3S/c1-8-38-31(37)27-22(6)33-32-35(29(27)24-14-12-18(2)13-15-24)30(36)26(39-32)17-25-16-21(5)34(23(25)7)28-19(3)10-9-11-20(28)4/h9-17,29H,8H2,1-7H3/b26-17+/t29-/m1/s1. The van der Waals surface area contributed by atoms with E-state index in [0.29, 0.717) is 20.6 Å². The van der Waals surface area contributed by atoms with Crippen molar-refractivity contribution in [3.8, 4) is 5.69 Å². The Morgan fingerprint density at radius 1 is 1.03 bits per heavy atom. The first kappa shape index (κ1) is 26.6. The average molecular weight is 540 g/mol. The first-order chi connectivity index (χ1) is 18.6. The molecule has 0 unspecified atom stereocenters. The van der Waals surface area contributed by atoms with Crippen LogP contribution in [-0.4, -0.2) is 21.7 Å². The smallest absolute Gasteiger partial charge is 0.338 e. The molecule has 0 saturated heterocycles. The molecule has 1 aliphatic heterocycles. The first-order valence-electron chi connectivity index (χ1n) is 13.1. The highest BCUT2D eigenvalue weighted by atomic mass is 32.1. The third-order valence-electron chi connectivity index (χ3n) is 7.33. The molecule has 0 aliphatic carbocycles. The monoisotopic (exact) mass is 539 g/mol. The van der Waals surface area contributed by atoms with Crippen molar-refractivity contribution in [2.75, 3.05) is 6.61 Å². The molecule has 5 rings (SSSR count). The Bertz CT molecular complexity index is 1800. The number of ether oxygens (including phenoxy) is 1. The van der Waals surface area contributed by atoms with E-state index in [4.69, 9.17) is 9.73 Å². The zero-order chi connectivity index (χ0) is 28.0. The summed E-state index contributed by atoms with van der Waals surface area (Å²) < 4.78 is 9.87. The fourth-order valence-corrected chi connectivity index (χ4v) is 6.47. The van der Waals surface area contributed by atoms with Crippen LogP contribution in [0.3, 0.4) is 0 Å². The van der Waals surface area contributed by atoms with E-state index in [1.807, 2.05) is 44.2 Å². The van der Waals surface area contributed by atoms with Crippen LogP contribution in [0.15, 0.2) is 69.6 Å². The summed E-state index contributed by atoms with van der Waals surface area (Å²) in [6.07, 6.45) is 1.95. The van der Waals surface area contributed by atoms with E-state index in [2.05, 4.69) is 56.5 Å². The second-order valence-corrected chi connectivity index (χ2v) is 11.1. The molecule has 2 aromatic carbocycles. The number of hydrogen-bond donors (Lipinski definition) is 0. The van der Waals surface area contributed by atoms with Gasteiger partial charge in [0.15, 0.2) is 4.80 Å². The van der Waals surface area contributed by atoms with Gasteiger partial charge in [0.25, 0.3) is 5.56 Å². The van der Waals surface area contributed by atoms with Crippen molar-refractivity contribution >= 4 is 23.4 Å². The molecule has 0 fully saturated rings. The van der Waals surface area contributed by atoms with E-state index in [1.165, 1.54) is 28.2 Å². The molecule has 2 aromatic heterocycles.